The molecule has 0 aliphatic rings. The highest BCUT2D eigenvalue weighted by Gasteiger charge is 2.02. The highest BCUT2D eigenvalue weighted by molar-refractivity contribution is 14.1. The minimum absolute atomic E-state index is 0.0512. The van der Waals surface area contributed by atoms with Crippen molar-refractivity contribution in [2.75, 3.05) is 0 Å². The van der Waals surface area contributed by atoms with Gasteiger partial charge in [-0.2, -0.15) is 0 Å². The van der Waals surface area contributed by atoms with Crippen molar-refractivity contribution in [3.63, 3.8) is 0 Å². The average Bonchev–Trinajstić information content (AvgIpc) is 1.81. The molecule has 1 aromatic carbocycles. The van der Waals surface area contributed by atoms with Crippen LogP contribution in [0.3, 0.4) is 0 Å². The van der Waals surface area contributed by atoms with Crippen molar-refractivity contribution in [3.05, 3.63) is 27.3 Å². The van der Waals surface area contributed by atoms with Gasteiger partial charge in [0.2, 0.25) is 0 Å². The molecule has 0 fully saturated rings. The molecule has 0 radical (unpaired) electrons. The number of phenols is 1. The van der Waals surface area contributed by atoms with E-state index in [2.05, 4.69) is 0 Å². The van der Waals surface area contributed by atoms with Gasteiger partial charge in [-0.25, -0.2) is 0 Å². The van der Waals surface area contributed by atoms with E-state index in [1.165, 1.54) is 6.07 Å². The lowest BCUT2D eigenvalue weighted by Gasteiger charge is -1.99. The van der Waals surface area contributed by atoms with E-state index in [4.69, 9.17) is 10.2 Å². The molecule has 0 saturated carbocycles. The quantitative estimate of drug-likeness (QED) is 0.808. The summed E-state index contributed by atoms with van der Waals surface area (Å²) in [6.45, 7) is 0. The first-order valence-corrected chi connectivity index (χ1v) is 4.36. The Morgan fingerprint density at radius 1 is 1.42 bits per heavy atom. The Morgan fingerprint density at radius 2 is 2.08 bits per heavy atom. The molecule has 0 aliphatic heterocycles. The summed E-state index contributed by atoms with van der Waals surface area (Å²) in [4.78, 5) is 10.3. The highest BCUT2D eigenvalue weighted by atomic mass is 127. The van der Waals surface area contributed by atoms with Gasteiger partial charge >= 0.3 is 5.97 Å². The molecule has 1 rings (SSSR count). The number of carbonyl (C=O) groups is 1. The fourth-order valence-corrected chi connectivity index (χ4v) is 1.63. The van der Waals surface area contributed by atoms with Gasteiger partial charge in [-0.1, -0.05) is 0 Å². The molecule has 0 saturated heterocycles. The first-order valence-electron chi connectivity index (χ1n) is 3.28. The molecule has 12 heavy (non-hydrogen) atoms. The molecular weight excluding hydrogens is 271 g/mol. The van der Waals surface area contributed by atoms with E-state index in [0.29, 0.717) is 5.56 Å². The third kappa shape index (κ3) is 2.69. The maximum Gasteiger partial charge on any atom is 0.307 e. The Morgan fingerprint density at radius 3 is 2.58 bits per heavy atom. The van der Waals surface area contributed by atoms with Crippen molar-refractivity contribution in [2.45, 2.75) is 6.42 Å². The smallest absolute Gasteiger partial charge is 0.307 e. The van der Waals surface area contributed by atoms with Gasteiger partial charge in [0.1, 0.15) is 5.75 Å². The minimum atomic E-state index is -0.892. The number of phenolic OH excluding ortho intramolecular Hbond substituents is 1. The van der Waals surface area contributed by atoms with Gasteiger partial charge in [-0.15, -0.1) is 0 Å². The van der Waals surface area contributed by atoms with Gasteiger partial charge in [0.25, 0.3) is 0 Å². The maximum atomic E-state index is 10.3. The van der Waals surface area contributed by atoms with Gasteiger partial charge in [-0.3, -0.25) is 4.79 Å². The first kappa shape index (κ1) is 9.31. The molecule has 1 aromatic rings. The number of aliphatic carboxylic acids is 1. The van der Waals surface area contributed by atoms with Crippen molar-refractivity contribution in [1.29, 1.82) is 0 Å². The molecule has 64 valence electrons. The van der Waals surface area contributed by atoms with Crippen LogP contribution in [0.5, 0.6) is 5.75 Å². The second-order valence-electron chi connectivity index (χ2n) is 2.39. The van der Waals surface area contributed by atoms with E-state index in [0.717, 1.165) is 3.57 Å². The lowest BCUT2D eigenvalue weighted by atomic mass is 10.1. The lowest BCUT2D eigenvalue weighted by molar-refractivity contribution is -0.136. The molecule has 0 aromatic heterocycles. The summed E-state index contributed by atoms with van der Waals surface area (Å²) in [5.41, 5.74) is 0.618. The van der Waals surface area contributed by atoms with Crippen molar-refractivity contribution < 1.29 is 15.0 Å². The zero-order valence-electron chi connectivity index (χ0n) is 6.12. The largest absolute Gasteiger partial charge is 0.508 e. The van der Waals surface area contributed by atoms with Gasteiger partial charge in [-0.05, 0) is 46.4 Å². The highest BCUT2D eigenvalue weighted by Crippen LogP contribution is 2.17. The molecular formula is C8H7IO3. The predicted molar refractivity (Wildman–Crippen MR) is 52.2 cm³/mol. The van der Waals surface area contributed by atoms with Crippen LogP contribution in [0.4, 0.5) is 0 Å². The Bertz CT molecular complexity index is 289. The first-order chi connectivity index (χ1) is 5.58. The predicted octanol–water partition coefficient (Wildman–Crippen LogP) is 1.62. The fraction of sp³-hybridized carbons (Fsp3) is 0.125. The number of hydrogen-bond donors (Lipinski definition) is 2. The third-order valence-corrected chi connectivity index (χ3v) is 1.92. The van der Waals surface area contributed by atoms with Crippen LogP contribution in [0.2, 0.25) is 0 Å². The van der Waals surface area contributed by atoms with Gasteiger partial charge in [0, 0.05) is 3.57 Å². The summed E-state index contributed by atoms with van der Waals surface area (Å²) < 4.78 is 0.837. The van der Waals surface area contributed by atoms with E-state index < -0.39 is 5.97 Å². The van der Waals surface area contributed by atoms with Crippen LogP contribution in [0.15, 0.2) is 18.2 Å². The van der Waals surface area contributed by atoms with Gasteiger partial charge < -0.3 is 10.2 Å². The Balaban J connectivity index is 2.93. The number of benzene rings is 1. The molecule has 0 bridgehead atoms. The molecule has 0 spiro atoms. The standard InChI is InChI=1S/C8H7IO3/c9-6-1-5(3-8(11)12)2-7(10)4-6/h1-2,4,10H,3H2,(H,11,12). The van der Waals surface area contributed by atoms with E-state index in [-0.39, 0.29) is 12.2 Å². The number of aromatic hydroxyl groups is 1. The SMILES string of the molecule is O=C(O)Cc1cc(O)cc(I)c1. The van der Waals surface area contributed by atoms with E-state index in [1.807, 2.05) is 22.6 Å². The second kappa shape index (κ2) is 3.75. The summed E-state index contributed by atoms with van der Waals surface area (Å²) in [6.07, 6.45) is -0.0512. The molecule has 0 atom stereocenters. The summed E-state index contributed by atoms with van der Waals surface area (Å²) in [7, 11) is 0. The van der Waals surface area contributed by atoms with Crippen LogP contribution in [0, 0.1) is 3.57 Å². The van der Waals surface area contributed by atoms with Gasteiger partial charge in [0.05, 0.1) is 6.42 Å². The van der Waals surface area contributed by atoms with Crippen molar-refractivity contribution >= 4 is 28.6 Å². The Hall–Kier alpha value is -0.780. The lowest BCUT2D eigenvalue weighted by Crippen LogP contribution is -1.99. The summed E-state index contributed by atoms with van der Waals surface area (Å²) in [5.74, 6) is -0.783. The van der Waals surface area contributed by atoms with E-state index in [1.54, 1.807) is 12.1 Å². The fourth-order valence-electron chi connectivity index (χ4n) is 0.910. The molecule has 3 nitrogen and oxygen atoms in total. The number of halogens is 1. The van der Waals surface area contributed by atoms with Crippen molar-refractivity contribution in [1.82, 2.24) is 0 Å². The third-order valence-electron chi connectivity index (χ3n) is 1.30. The monoisotopic (exact) mass is 278 g/mol. The number of carboxylic acid groups (broad SMARTS) is 1. The Labute approximate surface area is 83.2 Å². The van der Waals surface area contributed by atoms with Crippen molar-refractivity contribution in [3.8, 4) is 5.75 Å². The molecule has 0 aliphatic carbocycles. The number of rotatable bonds is 2. The zero-order chi connectivity index (χ0) is 9.14. The molecule has 0 unspecified atom stereocenters. The van der Waals surface area contributed by atoms with E-state index >= 15 is 0 Å². The molecule has 4 heteroatoms. The summed E-state index contributed by atoms with van der Waals surface area (Å²) in [5, 5.41) is 17.6. The molecule has 0 amide bonds. The molecule has 2 N–H and O–H groups in total. The van der Waals surface area contributed by atoms with Crippen LogP contribution < -0.4 is 0 Å². The number of hydrogen-bond acceptors (Lipinski definition) is 2. The average molecular weight is 278 g/mol. The topological polar surface area (TPSA) is 57.5 Å². The molecule has 0 heterocycles. The van der Waals surface area contributed by atoms with Crippen LogP contribution in [-0.4, -0.2) is 16.2 Å². The van der Waals surface area contributed by atoms with Crippen LogP contribution in [0.25, 0.3) is 0 Å². The van der Waals surface area contributed by atoms with Crippen molar-refractivity contribution in [2.24, 2.45) is 0 Å². The van der Waals surface area contributed by atoms with Crippen LogP contribution >= 0.6 is 22.6 Å². The van der Waals surface area contributed by atoms with Crippen LogP contribution in [0.1, 0.15) is 5.56 Å². The summed E-state index contributed by atoms with van der Waals surface area (Å²) in [6, 6.07) is 4.76. The zero-order valence-corrected chi connectivity index (χ0v) is 8.28. The van der Waals surface area contributed by atoms with Gasteiger partial charge in [0.15, 0.2) is 0 Å². The Kier molecular flexibility index (Phi) is 2.91. The second-order valence-corrected chi connectivity index (χ2v) is 3.63. The summed E-state index contributed by atoms with van der Waals surface area (Å²) >= 11 is 2.02. The normalized spacial score (nSPS) is 9.75. The maximum absolute atomic E-state index is 10.3. The minimum Gasteiger partial charge on any atom is -0.508 e. The van der Waals surface area contributed by atoms with E-state index in [9.17, 15) is 4.79 Å². The number of carboxylic acids is 1. The van der Waals surface area contributed by atoms with Crippen LogP contribution in [-0.2, 0) is 11.2 Å².